The van der Waals surface area contributed by atoms with Crippen molar-refractivity contribution in [3.05, 3.63) is 23.7 Å². The molecule has 6 nitrogen and oxygen atoms in total. The summed E-state index contributed by atoms with van der Waals surface area (Å²) in [5.74, 6) is 0.204. The van der Waals surface area contributed by atoms with Crippen LogP contribution in [0.3, 0.4) is 0 Å². The van der Waals surface area contributed by atoms with Gasteiger partial charge in [0.25, 0.3) is 0 Å². The minimum atomic E-state index is -0.818. The van der Waals surface area contributed by atoms with Crippen molar-refractivity contribution in [3.63, 3.8) is 0 Å². The van der Waals surface area contributed by atoms with E-state index >= 15 is 0 Å². The summed E-state index contributed by atoms with van der Waals surface area (Å²) in [7, 11) is 5.14. The number of aliphatic hydroxyl groups is 1. The van der Waals surface area contributed by atoms with Crippen molar-refractivity contribution in [1.29, 1.82) is 0 Å². The highest BCUT2D eigenvalue weighted by Gasteiger charge is 2.20. The normalized spacial score (nSPS) is 14.4. The quantitative estimate of drug-likeness (QED) is 0.702. The van der Waals surface area contributed by atoms with Crippen molar-refractivity contribution in [3.8, 4) is 0 Å². The lowest BCUT2D eigenvalue weighted by molar-refractivity contribution is 0.0332. The van der Waals surface area contributed by atoms with Crippen LogP contribution < -0.4 is 5.32 Å². The fourth-order valence-corrected chi connectivity index (χ4v) is 1.89. The van der Waals surface area contributed by atoms with Crippen LogP contribution in [0.2, 0.25) is 0 Å². The Bertz CT molecular complexity index is 413. The first-order chi connectivity index (χ1) is 8.84. The van der Waals surface area contributed by atoms with E-state index in [0.29, 0.717) is 31.0 Å². The Morgan fingerprint density at radius 3 is 2.84 bits per heavy atom. The van der Waals surface area contributed by atoms with Gasteiger partial charge in [-0.3, -0.25) is 0 Å². The number of nitrogens with zero attached hydrogens (tertiary/aromatic N) is 1. The summed E-state index contributed by atoms with van der Waals surface area (Å²) in [6, 6.07) is 1.62. The second kappa shape index (κ2) is 6.70. The zero-order chi connectivity index (χ0) is 14.5. The summed E-state index contributed by atoms with van der Waals surface area (Å²) >= 11 is 0. The van der Waals surface area contributed by atoms with Gasteiger partial charge in [0.1, 0.15) is 12.0 Å². The maximum absolute atomic E-state index is 11.2. The van der Waals surface area contributed by atoms with E-state index in [1.807, 2.05) is 19.0 Å². The molecule has 0 amide bonds. The third-order valence-corrected chi connectivity index (χ3v) is 2.54. The van der Waals surface area contributed by atoms with E-state index in [0.717, 1.165) is 0 Å². The summed E-state index contributed by atoms with van der Waals surface area (Å²) in [5.41, 5.74) is -0.430. The maximum Gasteiger partial charge on any atom is 0.341 e. The van der Waals surface area contributed by atoms with Crippen LogP contribution in [-0.4, -0.2) is 55.9 Å². The fourth-order valence-electron chi connectivity index (χ4n) is 1.89. The first-order valence-electron chi connectivity index (χ1n) is 6.07. The molecule has 0 saturated heterocycles. The van der Waals surface area contributed by atoms with Crippen LogP contribution in [0.4, 0.5) is 0 Å². The molecule has 0 aliphatic rings. The number of likely N-dealkylation sites (N-methyl/N-ethyl adjacent to an activating group) is 1. The van der Waals surface area contributed by atoms with Gasteiger partial charge in [0.15, 0.2) is 0 Å². The van der Waals surface area contributed by atoms with E-state index in [9.17, 15) is 9.90 Å². The molecule has 2 N–H and O–H groups in total. The number of furan rings is 1. The van der Waals surface area contributed by atoms with Crippen molar-refractivity contribution in [2.24, 2.45) is 0 Å². The summed E-state index contributed by atoms with van der Waals surface area (Å²) in [4.78, 5) is 13.2. The number of hydrogen-bond acceptors (Lipinski definition) is 6. The third-order valence-electron chi connectivity index (χ3n) is 2.54. The van der Waals surface area contributed by atoms with Crippen LogP contribution in [-0.2, 0) is 11.3 Å². The molecule has 1 unspecified atom stereocenters. The monoisotopic (exact) mass is 270 g/mol. The Balaban J connectivity index is 2.41. The summed E-state index contributed by atoms with van der Waals surface area (Å²) in [6.45, 7) is 3.20. The van der Waals surface area contributed by atoms with E-state index in [1.54, 1.807) is 13.0 Å². The Morgan fingerprint density at radius 1 is 1.58 bits per heavy atom. The average Bonchev–Trinajstić information content (AvgIpc) is 2.74. The molecule has 19 heavy (non-hydrogen) atoms. The molecule has 0 bridgehead atoms. The van der Waals surface area contributed by atoms with Gasteiger partial charge in [0.2, 0.25) is 0 Å². The van der Waals surface area contributed by atoms with Gasteiger partial charge in [0.05, 0.1) is 24.8 Å². The number of carbonyl (C=O) groups is 1. The van der Waals surface area contributed by atoms with Crippen molar-refractivity contribution >= 4 is 5.97 Å². The van der Waals surface area contributed by atoms with Crippen molar-refractivity contribution in [2.45, 2.75) is 19.1 Å². The Hall–Kier alpha value is -1.37. The molecule has 1 atom stereocenters. The number of rotatable bonds is 7. The van der Waals surface area contributed by atoms with E-state index in [4.69, 9.17) is 4.42 Å². The highest BCUT2D eigenvalue weighted by atomic mass is 16.5. The smallest absolute Gasteiger partial charge is 0.341 e. The number of ether oxygens (including phenoxy) is 1. The predicted molar refractivity (Wildman–Crippen MR) is 70.9 cm³/mol. The highest BCUT2D eigenvalue weighted by molar-refractivity contribution is 5.88. The molecule has 1 rings (SSSR count). The van der Waals surface area contributed by atoms with Crippen LogP contribution >= 0.6 is 0 Å². The minimum absolute atomic E-state index is 0.388. The molecule has 0 spiro atoms. The van der Waals surface area contributed by atoms with Gasteiger partial charge in [-0.05, 0) is 27.1 Å². The lowest BCUT2D eigenvalue weighted by Gasteiger charge is -2.27. The predicted octanol–water partition coefficient (Wildman–Crippen LogP) is 0.468. The third kappa shape index (κ3) is 5.42. The second-order valence-electron chi connectivity index (χ2n) is 5.13. The molecular weight excluding hydrogens is 248 g/mol. The minimum Gasteiger partial charge on any atom is -0.467 e. The molecule has 1 heterocycles. The molecular formula is C13H22N2O4. The molecule has 0 aliphatic heterocycles. The Kier molecular flexibility index (Phi) is 5.53. The fraction of sp³-hybridized carbons (Fsp3) is 0.615. The molecule has 0 aromatic carbocycles. The first-order valence-corrected chi connectivity index (χ1v) is 6.07. The highest BCUT2D eigenvalue weighted by Crippen LogP contribution is 2.09. The maximum atomic E-state index is 11.2. The Labute approximate surface area is 113 Å². The SMILES string of the molecule is COC(=O)c1coc(CNCC(C)(O)CN(C)C)c1. The molecule has 0 aliphatic carbocycles. The molecule has 1 aromatic rings. The number of nitrogens with one attached hydrogen (secondary N) is 1. The van der Waals surface area contributed by atoms with E-state index in [-0.39, 0.29) is 0 Å². The molecule has 1 aromatic heterocycles. The van der Waals surface area contributed by atoms with Crippen LogP contribution in [0.15, 0.2) is 16.7 Å². The number of esters is 1. The van der Waals surface area contributed by atoms with Gasteiger partial charge in [-0.25, -0.2) is 4.79 Å². The van der Waals surface area contributed by atoms with E-state index in [1.165, 1.54) is 13.4 Å². The first kappa shape index (κ1) is 15.7. The van der Waals surface area contributed by atoms with E-state index in [2.05, 4.69) is 10.1 Å². The summed E-state index contributed by atoms with van der Waals surface area (Å²) in [6.07, 6.45) is 1.36. The van der Waals surface area contributed by atoms with Crippen molar-refractivity contribution < 1.29 is 19.1 Å². The van der Waals surface area contributed by atoms with Crippen LogP contribution in [0.5, 0.6) is 0 Å². The zero-order valence-electron chi connectivity index (χ0n) is 11.9. The molecule has 0 fully saturated rings. The number of methoxy groups -OCH3 is 1. The lowest BCUT2D eigenvalue weighted by atomic mass is 10.1. The number of carbonyl (C=O) groups excluding carboxylic acids is 1. The zero-order valence-corrected chi connectivity index (χ0v) is 11.9. The number of hydrogen-bond donors (Lipinski definition) is 2. The summed E-state index contributed by atoms with van der Waals surface area (Å²) < 4.78 is 9.82. The lowest BCUT2D eigenvalue weighted by Crippen LogP contribution is -2.45. The molecule has 108 valence electrons. The van der Waals surface area contributed by atoms with Crippen molar-refractivity contribution in [1.82, 2.24) is 10.2 Å². The van der Waals surface area contributed by atoms with Gasteiger partial charge in [-0.15, -0.1) is 0 Å². The van der Waals surface area contributed by atoms with Crippen LogP contribution in [0.1, 0.15) is 23.0 Å². The van der Waals surface area contributed by atoms with Gasteiger partial charge < -0.3 is 24.5 Å². The van der Waals surface area contributed by atoms with Gasteiger partial charge in [-0.2, -0.15) is 0 Å². The van der Waals surface area contributed by atoms with E-state index < -0.39 is 11.6 Å². The van der Waals surface area contributed by atoms with Gasteiger partial charge in [0, 0.05) is 13.1 Å². The second-order valence-corrected chi connectivity index (χ2v) is 5.13. The molecule has 0 saturated carbocycles. The van der Waals surface area contributed by atoms with Gasteiger partial charge in [-0.1, -0.05) is 0 Å². The van der Waals surface area contributed by atoms with Crippen LogP contribution in [0, 0.1) is 0 Å². The van der Waals surface area contributed by atoms with Gasteiger partial charge >= 0.3 is 5.97 Å². The molecule has 6 heteroatoms. The summed E-state index contributed by atoms with van der Waals surface area (Å²) in [5, 5.41) is 13.2. The molecule has 0 radical (unpaired) electrons. The van der Waals surface area contributed by atoms with Crippen molar-refractivity contribution in [2.75, 3.05) is 34.3 Å². The van der Waals surface area contributed by atoms with Crippen LogP contribution in [0.25, 0.3) is 0 Å². The topological polar surface area (TPSA) is 74.9 Å². The standard InChI is InChI=1S/C13H22N2O4/c1-13(17,9-15(2)3)8-14-6-11-5-10(7-19-11)12(16)18-4/h5,7,14,17H,6,8-9H2,1-4H3. The largest absolute Gasteiger partial charge is 0.467 e. The average molecular weight is 270 g/mol. The Morgan fingerprint density at radius 2 is 2.26 bits per heavy atom.